The zero-order valence-electron chi connectivity index (χ0n) is 12.5. The number of aryl methyl sites for hydroxylation is 1. The first-order valence-electron chi connectivity index (χ1n) is 7.34. The van der Waals surface area contributed by atoms with E-state index in [1.807, 2.05) is 35.8 Å². The van der Waals surface area contributed by atoms with Gasteiger partial charge in [0.25, 0.3) is 0 Å². The van der Waals surface area contributed by atoms with Crippen molar-refractivity contribution >= 4 is 11.2 Å². The Morgan fingerprint density at radius 2 is 1.91 bits per heavy atom. The summed E-state index contributed by atoms with van der Waals surface area (Å²) in [4.78, 5) is 9.09. The fraction of sp³-hybridized carbons (Fsp3) is 0.111. The molecule has 0 aliphatic carbocycles. The second kappa shape index (κ2) is 5.35. The minimum atomic E-state index is -0.245. The first kappa shape index (κ1) is 13.7. The molecule has 0 spiro atoms. The minimum Gasteiger partial charge on any atom is -0.445 e. The molecule has 0 saturated carbocycles. The van der Waals surface area contributed by atoms with Crippen LogP contribution in [0.25, 0.3) is 17.0 Å². The van der Waals surface area contributed by atoms with E-state index in [2.05, 4.69) is 9.97 Å². The summed E-state index contributed by atoms with van der Waals surface area (Å²) in [7, 11) is 0. The Kier molecular flexibility index (Phi) is 3.19. The summed E-state index contributed by atoms with van der Waals surface area (Å²) in [5.41, 5.74) is 2.53. The number of aromatic nitrogens is 3. The van der Waals surface area contributed by atoms with Crippen LogP contribution in [-0.4, -0.2) is 14.5 Å². The fourth-order valence-corrected chi connectivity index (χ4v) is 2.64. The molecule has 1 aromatic carbocycles. The van der Waals surface area contributed by atoms with E-state index in [1.54, 1.807) is 18.3 Å². The van der Waals surface area contributed by atoms with E-state index in [0.29, 0.717) is 12.3 Å². The topological polar surface area (TPSA) is 43.9 Å². The Labute approximate surface area is 132 Å². The maximum absolute atomic E-state index is 13.1. The van der Waals surface area contributed by atoms with Crippen LogP contribution in [0.1, 0.15) is 17.1 Å². The summed E-state index contributed by atoms with van der Waals surface area (Å²) >= 11 is 0. The summed E-state index contributed by atoms with van der Waals surface area (Å²) < 4.78 is 20.8. The van der Waals surface area contributed by atoms with Crippen molar-refractivity contribution in [3.8, 4) is 5.88 Å². The molecule has 23 heavy (non-hydrogen) atoms. The van der Waals surface area contributed by atoms with Gasteiger partial charge < -0.3 is 4.42 Å². The van der Waals surface area contributed by atoms with Gasteiger partial charge in [-0.2, -0.15) is 0 Å². The van der Waals surface area contributed by atoms with Crippen molar-refractivity contribution in [3.05, 3.63) is 77.7 Å². The molecule has 0 amide bonds. The van der Waals surface area contributed by atoms with E-state index >= 15 is 0 Å². The molecule has 0 N–H and O–H groups in total. The fourth-order valence-electron chi connectivity index (χ4n) is 2.64. The molecule has 0 saturated heterocycles. The van der Waals surface area contributed by atoms with Crippen LogP contribution in [-0.2, 0) is 6.42 Å². The summed E-state index contributed by atoms with van der Waals surface area (Å²) in [5, 5.41) is 0. The predicted molar refractivity (Wildman–Crippen MR) is 85.1 cm³/mol. The van der Waals surface area contributed by atoms with Crippen molar-refractivity contribution in [2.24, 2.45) is 0 Å². The van der Waals surface area contributed by atoms with E-state index in [0.717, 1.165) is 28.3 Å². The third kappa shape index (κ3) is 2.50. The lowest BCUT2D eigenvalue weighted by Gasteiger charge is -2.05. The molecule has 5 heteroatoms. The number of nitrogens with zero attached hydrogens (tertiary/aromatic N) is 3. The van der Waals surface area contributed by atoms with Crippen LogP contribution in [0.15, 0.2) is 59.1 Å². The maximum Gasteiger partial charge on any atom is 0.206 e. The molecule has 114 valence electrons. The number of rotatable bonds is 3. The van der Waals surface area contributed by atoms with Crippen LogP contribution in [0, 0.1) is 12.7 Å². The first-order valence-corrected chi connectivity index (χ1v) is 7.34. The highest BCUT2D eigenvalue weighted by atomic mass is 19.1. The van der Waals surface area contributed by atoms with Gasteiger partial charge in [0.2, 0.25) is 5.88 Å². The van der Waals surface area contributed by atoms with E-state index in [1.165, 1.54) is 12.1 Å². The van der Waals surface area contributed by atoms with Crippen LogP contribution in [0.2, 0.25) is 0 Å². The van der Waals surface area contributed by atoms with Crippen molar-refractivity contribution in [3.63, 3.8) is 0 Å². The quantitative estimate of drug-likeness (QED) is 0.573. The second-order valence-electron chi connectivity index (χ2n) is 5.40. The molecule has 4 rings (SSSR count). The summed E-state index contributed by atoms with van der Waals surface area (Å²) in [6.45, 7) is 1.90. The van der Waals surface area contributed by atoms with Crippen LogP contribution < -0.4 is 0 Å². The number of pyridine rings is 1. The van der Waals surface area contributed by atoms with Crippen molar-refractivity contribution in [1.82, 2.24) is 14.5 Å². The molecular weight excluding hydrogens is 293 g/mol. The van der Waals surface area contributed by atoms with Crippen LogP contribution in [0.5, 0.6) is 0 Å². The van der Waals surface area contributed by atoms with Gasteiger partial charge in [0.15, 0.2) is 5.65 Å². The number of imidazole rings is 1. The van der Waals surface area contributed by atoms with Crippen molar-refractivity contribution in [2.45, 2.75) is 13.3 Å². The molecule has 3 aromatic heterocycles. The lowest BCUT2D eigenvalue weighted by Crippen LogP contribution is -2.02. The molecule has 3 heterocycles. The minimum absolute atomic E-state index is 0.245. The van der Waals surface area contributed by atoms with Gasteiger partial charge in [-0.15, -0.1) is 0 Å². The molecule has 0 unspecified atom stereocenters. The molecule has 4 nitrogen and oxygen atoms in total. The van der Waals surface area contributed by atoms with E-state index in [-0.39, 0.29) is 5.82 Å². The lowest BCUT2D eigenvalue weighted by atomic mass is 10.1. The second-order valence-corrected chi connectivity index (χ2v) is 5.40. The Morgan fingerprint density at radius 1 is 1.09 bits per heavy atom. The van der Waals surface area contributed by atoms with Crippen molar-refractivity contribution in [1.29, 1.82) is 0 Å². The number of benzene rings is 1. The molecule has 0 radical (unpaired) electrons. The van der Waals surface area contributed by atoms with Gasteiger partial charge in [0, 0.05) is 18.7 Å². The number of hydrogen-bond acceptors (Lipinski definition) is 3. The monoisotopic (exact) mass is 307 g/mol. The molecule has 4 aromatic rings. The van der Waals surface area contributed by atoms with E-state index in [4.69, 9.17) is 4.42 Å². The van der Waals surface area contributed by atoms with Gasteiger partial charge in [-0.3, -0.25) is 0 Å². The highest BCUT2D eigenvalue weighted by Crippen LogP contribution is 2.23. The predicted octanol–water partition coefficient (Wildman–Crippen LogP) is 4.05. The van der Waals surface area contributed by atoms with Gasteiger partial charge >= 0.3 is 0 Å². The zero-order chi connectivity index (χ0) is 15.8. The third-order valence-electron chi connectivity index (χ3n) is 3.71. The van der Waals surface area contributed by atoms with Crippen LogP contribution in [0.4, 0.5) is 4.39 Å². The third-order valence-corrected chi connectivity index (χ3v) is 3.71. The van der Waals surface area contributed by atoms with Gasteiger partial charge in [-0.25, -0.2) is 18.9 Å². The molecule has 0 aliphatic heterocycles. The van der Waals surface area contributed by atoms with E-state index in [9.17, 15) is 4.39 Å². The average molecular weight is 307 g/mol. The number of furan rings is 1. The summed E-state index contributed by atoms with van der Waals surface area (Å²) in [5.74, 6) is 2.07. The van der Waals surface area contributed by atoms with Crippen molar-refractivity contribution < 1.29 is 8.81 Å². The molecular formula is C18H14FN3O. The maximum atomic E-state index is 13.1. The smallest absolute Gasteiger partial charge is 0.206 e. The average Bonchev–Trinajstić information content (AvgIpc) is 3.12. The van der Waals surface area contributed by atoms with Crippen LogP contribution >= 0.6 is 0 Å². The number of halogens is 1. The lowest BCUT2D eigenvalue weighted by molar-refractivity contribution is 0.509. The molecule has 0 atom stereocenters. The number of hydrogen-bond donors (Lipinski definition) is 0. The summed E-state index contributed by atoms with van der Waals surface area (Å²) in [6, 6.07) is 14.0. The standard InChI is InChI=1S/C18H14FN3O/c1-12-4-9-17(23-12)22-16(11-13-5-7-14(19)8-6-13)21-15-3-2-10-20-18(15)22/h2-10H,11H2,1H3. The highest BCUT2D eigenvalue weighted by molar-refractivity contribution is 5.73. The van der Waals surface area contributed by atoms with E-state index < -0.39 is 0 Å². The van der Waals surface area contributed by atoms with Gasteiger partial charge in [-0.05, 0) is 42.8 Å². The Bertz CT molecular complexity index is 970. The van der Waals surface area contributed by atoms with Gasteiger partial charge in [0.05, 0.1) is 0 Å². The Balaban J connectivity index is 1.86. The zero-order valence-corrected chi connectivity index (χ0v) is 12.5. The molecule has 0 bridgehead atoms. The van der Waals surface area contributed by atoms with Crippen molar-refractivity contribution in [2.75, 3.05) is 0 Å². The highest BCUT2D eigenvalue weighted by Gasteiger charge is 2.16. The Hall–Kier alpha value is -2.95. The SMILES string of the molecule is Cc1ccc(-n2c(Cc3ccc(F)cc3)nc3cccnc32)o1. The number of fused-ring (bicyclic) bond motifs is 1. The van der Waals surface area contributed by atoms with Crippen LogP contribution in [0.3, 0.4) is 0 Å². The van der Waals surface area contributed by atoms with Gasteiger partial charge in [0.1, 0.15) is 22.9 Å². The molecule has 0 fully saturated rings. The largest absolute Gasteiger partial charge is 0.445 e. The Morgan fingerprint density at radius 3 is 2.65 bits per heavy atom. The van der Waals surface area contributed by atoms with Gasteiger partial charge in [-0.1, -0.05) is 12.1 Å². The normalized spacial score (nSPS) is 11.2. The first-order chi connectivity index (χ1) is 11.2. The molecule has 0 aliphatic rings. The summed E-state index contributed by atoms with van der Waals surface area (Å²) in [6.07, 6.45) is 2.30.